The first-order chi connectivity index (χ1) is 14.1. The first kappa shape index (κ1) is 21.1. The molecule has 1 aliphatic carbocycles. The third-order valence-corrected chi connectivity index (χ3v) is 6.35. The van der Waals surface area contributed by atoms with Gasteiger partial charge in [-0.15, -0.1) is 0 Å². The summed E-state index contributed by atoms with van der Waals surface area (Å²) >= 11 is 5.90. The van der Waals surface area contributed by atoms with Gasteiger partial charge < -0.3 is 19.9 Å². The summed E-state index contributed by atoms with van der Waals surface area (Å²) in [6, 6.07) is 7.75. The van der Waals surface area contributed by atoms with Gasteiger partial charge in [0.2, 0.25) is 5.91 Å². The van der Waals surface area contributed by atoms with E-state index in [-0.39, 0.29) is 24.2 Å². The average molecular weight is 423 g/mol. The van der Waals surface area contributed by atoms with Gasteiger partial charge in [0.25, 0.3) is 0 Å². The first-order valence-electron chi connectivity index (χ1n) is 10.7. The molecular weight excluding hydrogens is 392 g/mol. The van der Waals surface area contributed by atoms with E-state index in [2.05, 4.69) is 10.2 Å². The molecule has 7 heteroatoms. The van der Waals surface area contributed by atoms with Crippen molar-refractivity contribution in [1.82, 2.24) is 10.2 Å². The minimum Gasteiger partial charge on any atom is -0.389 e. The molecule has 2 aliphatic heterocycles. The van der Waals surface area contributed by atoms with Crippen LogP contribution in [0.3, 0.4) is 0 Å². The van der Waals surface area contributed by atoms with Crippen LogP contribution in [-0.4, -0.2) is 66.6 Å². The number of amides is 1. The molecule has 0 aromatic heterocycles. The molecule has 1 amide bonds. The second-order valence-corrected chi connectivity index (χ2v) is 9.07. The van der Waals surface area contributed by atoms with Crippen LogP contribution in [-0.2, 0) is 20.8 Å². The summed E-state index contributed by atoms with van der Waals surface area (Å²) in [6.45, 7) is 3.00. The number of fused-ring (bicyclic) bond motifs is 1. The molecule has 2 saturated heterocycles. The van der Waals surface area contributed by atoms with Crippen LogP contribution in [0.1, 0.15) is 37.7 Å². The van der Waals surface area contributed by atoms with Crippen molar-refractivity contribution in [2.45, 2.75) is 63.0 Å². The van der Waals surface area contributed by atoms with Crippen molar-refractivity contribution in [3.05, 3.63) is 34.9 Å². The number of hydrogen-bond donors (Lipinski definition) is 2. The SMILES string of the molecule is O=C(C[C@@H]1CC[C@@H]2[C@H](COC[C@H](O)CN2CC2CC2)O1)NCc1ccc(Cl)cc1. The number of nitrogens with one attached hydrogen (secondary N) is 1. The van der Waals surface area contributed by atoms with Crippen LogP contribution in [0.5, 0.6) is 0 Å². The summed E-state index contributed by atoms with van der Waals surface area (Å²) in [5.74, 6) is 0.764. The summed E-state index contributed by atoms with van der Waals surface area (Å²) in [5, 5.41) is 13.8. The van der Waals surface area contributed by atoms with Crippen LogP contribution in [0.4, 0.5) is 0 Å². The fraction of sp³-hybridized carbons (Fsp3) is 0.682. The number of hydrogen-bond acceptors (Lipinski definition) is 5. The van der Waals surface area contributed by atoms with Gasteiger partial charge in [0, 0.05) is 30.7 Å². The van der Waals surface area contributed by atoms with Gasteiger partial charge in [-0.2, -0.15) is 0 Å². The van der Waals surface area contributed by atoms with E-state index in [4.69, 9.17) is 21.1 Å². The second-order valence-electron chi connectivity index (χ2n) is 8.64. The number of halogens is 1. The van der Waals surface area contributed by atoms with Gasteiger partial charge in [0.15, 0.2) is 0 Å². The van der Waals surface area contributed by atoms with Gasteiger partial charge in [-0.05, 0) is 49.3 Å². The molecule has 1 saturated carbocycles. The van der Waals surface area contributed by atoms with Crippen molar-refractivity contribution >= 4 is 17.5 Å². The maximum Gasteiger partial charge on any atom is 0.222 e. The highest BCUT2D eigenvalue weighted by molar-refractivity contribution is 6.30. The fourth-order valence-electron chi connectivity index (χ4n) is 4.37. The number of β-amino-alcohol motifs (C(OH)–C–C–N with tert-alkyl or cyclic N) is 1. The van der Waals surface area contributed by atoms with E-state index in [1.54, 1.807) is 0 Å². The smallest absolute Gasteiger partial charge is 0.222 e. The predicted octanol–water partition coefficient (Wildman–Crippen LogP) is 2.37. The zero-order valence-corrected chi connectivity index (χ0v) is 17.5. The Kier molecular flexibility index (Phi) is 7.08. The topological polar surface area (TPSA) is 71.0 Å². The molecule has 4 atom stereocenters. The highest BCUT2D eigenvalue weighted by Gasteiger charge is 2.39. The Morgan fingerprint density at radius 2 is 1.97 bits per heavy atom. The number of benzene rings is 1. The molecule has 0 bridgehead atoms. The predicted molar refractivity (Wildman–Crippen MR) is 111 cm³/mol. The van der Waals surface area contributed by atoms with Crippen molar-refractivity contribution in [2.75, 3.05) is 26.3 Å². The Labute approximate surface area is 177 Å². The maximum absolute atomic E-state index is 12.4. The van der Waals surface area contributed by atoms with Gasteiger partial charge in [0.1, 0.15) is 0 Å². The van der Waals surface area contributed by atoms with Crippen molar-refractivity contribution in [1.29, 1.82) is 0 Å². The van der Waals surface area contributed by atoms with Crippen LogP contribution in [0.25, 0.3) is 0 Å². The number of aliphatic hydroxyl groups is 1. The van der Waals surface area contributed by atoms with Crippen LogP contribution in [0.15, 0.2) is 24.3 Å². The Morgan fingerprint density at radius 1 is 1.17 bits per heavy atom. The van der Waals surface area contributed by atoms with Crippen molar-refractivity contribution < 1.29 is 19.4 Å². The molecule has 160 valence electrons. The Balaban J connectivity index is 1.28. The van der Waals surface area contributed by atoms with E-state index >= 15 is 0 Å². The van der Waals surface area contributed by atoms with Gasteiger partial charge in [0.05, 0.1) is 37.9 Å². The monoisotopic (exact) mass is 422 g/mol. The Bertz CT molecular complexity index is 682. The molecule has 2 heterocycles. The third-order valence-electron chi connectivity index (χ3n) is 6.09. The minimum atomic E-state index is -0.439. The van der Waals surface area contributed by atoms with Crippen molar-refractivity contribution in [2.24, 2.45) is 5.92 Å². The van der Waals surface area contributed by atoms with Crippen molar-refractivity contribution in [3.63, 3.8) is 0 Å². The van der Waals surface area contributed by atoms with E-state index in [0.29, 0.717) is 37.7 Å². The lowest BCUT2D eigenvalue weighted by atomic mass is 9.94. The number of aliphatic hydroxyl groups excluding tert-OH is 1. The van der Waals surface area contributed by atoms with Crippen LogP contribution < -0.4 is 5.32 Å². The van der Waals surface area contributed by atoms with Gasteiger partial charge in [-0.3, -0.25) is 9.69 Å². The van der Waals surface area contributed by atoms with E-state index < -0.39 is 6.10 Å². The molecule has 0 radical (unpaired) electrons. The largest absolute Gasteiger partial charge is 0.389 e. The maximum atomic E-state index is 12.4. The zero-order valence-electron chi connectivity index (χ0n) is 16.8. The second kappa shape index (κ2) is 9.75. The third kappa shape index (κ3) is 6.15. The quantitative estimate of drug-likeness (QED) is 0.736. The molecule has 3 aliphatic rings. The summed E-state index contributed by atoms with van der Waals surface area (Å²) < 4.78 is 12.0. The molecule has 1 aromatic rings. The molecule has 4 rings (SSSR count). The summed E-state index contributed by atoms with van der Waals surface area (Å²) in [5.41, 5.74) is 1.02. The van der Waals surface area contributed by atoms with E-state index in [9.17, 15) is 9.90 Å². The summed E-state index contributed by atoms with van der Waals surface area (Å²) in [7, 11) is 0. The zero-order chi connectivity index (χ0) is 20.2. The number of carbonyl (C=O) groups is 1. The summed E-state index contributed by atoms with van der Waals surface area (Å²) in [6.07, 6.45) is 4.21. The number of nitrogens with zero attached hydrogens (tertiary/aromatic N) is 1. The van der Waals surface area contributed by atoms with Gasteiger partial charge in [-0.25, -0.2) is 0 Å². The highest BCUT2D eigenvalue weighted by Crippen LogP contribution is 2.34. The molecule has 6 nitrogen and oxygen atoms in total. The minimum absolute atomic E-state index is 0.000390. The molecule has 29 heavy (non-hydrogen) atoms. The van der Waals surface area contributed by atoms with Crippen LogP contribution in [0, 0.1) is 5.92 Å². The lowest BCUT2D eigenvalue weighted by Gasteiger charge is -2.44. The Hall–Kier alpha value is -1.18. The van der Waals surface area contributed by atoms with Gasteiger partial charge >= 0.3 is 0 Å². The highest BCUT2D eigenvalue weighted by atomic mass is 35.5. The van der Waals surface area contributed by atoms with Gasteiger partial charge in [-0.1, -0.05) is 23.7 Å². The first-order valence-corrected chi connectivity index (χ1v) is 11.1. The lowest BCUT2D eigenvalue weighted by Crippen LogP contribution is -2.56. The number of carbonyl (C=O) groups excluding carboxylic acids is 1. The fourth-order valence-corrected chi connectivity index (χ4v) is 4.50. The van der Waals surface area contributed by atoms with E-state index in [1.165, 1.54) is 12.8 Å². The normalized spacial score (nSPS) is 30.8. The Morgan fingerprint density at radius 3 is 2.72 bits per heavy atom. The molecule has 1 aromatic carbocycles. The van der Waals surface area contributed by atoms with Crippen LogP contribution in [0.2, 0.25) is 5.02 Å². The molecule has 3 fully saturated rings. The number of rotatable bonds is 6. The standard InChI is InChI=1S/C22H31ClN2O4/c23-17-5-3-15(4-6-17)10-24-22(27)9-19-7-8-20-21(29-19)14-28-13-18(26)12-25(20)11-16-1-2-16/h3-6,16,18-21,26H,1-2,7-14H2,(H,24,27)/t18-,19+,20-,21+/m1/s1. The molecule has 0 spiro atoms. The van der Waals surface area contributed by atoms with E-state index in [0.717, 1.165) is 30.9 Å². The van der Waals surface area contributed by atoms with E-state index in [1.807, 2.05) is 24.3 Å². The summed E-state index contributed by atoms with van der Waals surface area (Å²) in [4.78, 5) is 14.8. The molecular formula is C22H31ClN2O4. The molecule has 0 unspecified atom stereocenters. The number of ether oxygens (including phenoxy) is 2. The van der Waals surface area contributed by atoms with Crippen LogP contribution >= 0.6 is 11.6 Å². The average Bonchev–Trinajstić information content (AvgIpc) is 3.50. The molecule has 2 N–H and O–H groups in total. The lowest BCUT2D eigenvalue weighted by molar-refractivity contribution is -0.157. The van der Waals surface area contributed by atoms with Crippen molar-refractivity contribution in [3.8, 4) is 0 Å².